The van der Waals surface area contributed by atoms with Gasteiger partial charge in [0.25, 0.3) is 5.91 Å². The molecule has 0 aliphatic rings. The van der Waals surface area contributed by atoms with Crippen LogP contribution < -0.4 is 5.43 Å². The molecule has 0 radical (unpaired) electrons. The summed E-state index contributed by atoms with van der Waals surface area (Å²) in [6, 6.07) is 3.51. The third-order valence-electron chi connectivity index (χ3n) is 2.56. The Morgan fingerprint density at radius 1 is 1.47 bits per heavy atom. The van der Waals surface area contributed by atoms with Gasteiger partial charge in [-0.25, -0.2) is 5.43 Å². The monoisotopic (exact) mass is 282 g/mol. The fraction of sp³-hybridized carbons (Fsp3) is 0.462. The molecule has 0 saturated heterocycles. The van der Waals surface area contributed by atoms with E-state index in [-0.39, 0.29) is 11.9 Å². The minimum atomic E-state index is -0.413. The number of hydrazone groups is 1. The number of ether oxygens (including phenoxy) is 1. The van der Waals surface area contributed by atoms with Gasteiger partial charge >= 0.3 is 5.97 Å². The van der Waals surface area contributed by atoms with E-state index in [2.05, 4.69) is 10.5 Å². The van der Waals surface area contributed by atoms with E-state index in [1.165, 1.54) is 11.3 Å². The maximum Gasteiger partial charge on any atom is 0.314 e. The van der Waals surface area contributed by atoms with Gasteiger partial charge in [-0.1, -0.05) is 13.0 Å². The SMILES string of the molecule is CCOC(=O)[C@H](CC)/C(C)=N\NC(=O)c1cccs1. The van der Waals surface area contributed by atoms with E-state index in [0.29, 0.717) is 23.6 Å². The molecular formula is C13H18N2O3S. The van der Waals surface area contributed by atoms with Gasteiger partial charge in [0, 0.05) is 5.71 Å². The van der Waals surface area contributed by atoms with Crippen LogP contribution >= 0.6 is 11.3 Å². The second-order valence-corrected chi connectivity index (χ2v) is 4.83. The van der Waals surface area contributed by atoms with E-state index in [9.17, 15) is 9.59 Å². The minimum Gasteiger partial charge on any atom is -0.465 e. The summed E-state index contributed by atoms with van der Waals surface area (Å²) in [5, 5.41) is 5.80. The van der Waals surface area contributed by atoms with Gasteiger partial charge in [-0.05, 0) is 31.7 Å². The molecule has 0 spiro atoms. The minimum absolute atomic E-state index is 0.270. The van der Waals surface area contributed by atoms with Crippen LogP contribution in [-0.2, 0) is 9.53 Å². The van der Waals surface area contributed by atoms with E-state index in [0.717, 1.165) is 0 Å². The van der Waals surface area contributed by atoms with Crippen molar-refractivity contribution in [1.29, 1.82) is 0 Å². The number of carbonyl (C=O) groups is 2. The second kappa shape index (κ2) is 7.68. The van der Waals surface area contributed by atoms with E-state index in [4.69, 9.17) is 4.74 Å². The summed E-state index contributed by atoms with van der Waals surface area (Å²) in [5.74, 6) is -0.992. The molecule has 1 aromatic heterocycles. The molecule has 1 N–H and O–H groups in total. The molecule has 0 aromatic carbocycles. The molecule has 6 heteroatoms. The number of amides is 1. The van der Waals surface area contributed by atoms with Gasteiger partial charge in [0.1, 0.15) is 0 Å². The van der Waals surface area contributed by atoms with Gasteiger partial charge in [0.15, 0.2) is 0 Å². The molecule has 0 saturated carbocycles. The largest absolute Gasteiger partial charge is 0.465 e. The third kappa shape index (κ3) is 4.48. The molecule has 0 bridgehead atoms. The summed E-state index contributed by atoms with van der Waals surface area (Å²) in [6.45, 7) is 5.68. The lowest BCUT2D eigenvalue weighted by molar-refractivity contribution is -0.145. The van der Waals surface area contributed by atoms with Gasteiger partial charge in [0.2, 0.25) is 0 Å². The predicted octanol–water partition coefficient (Wildman–Crippen LogP) is 2.44. The standard InChI is InChI=1S/C13H18N2O3S/c1-4-10(13(17)18-5-2)9(3)14-15-12(16)11-7-6-8-19-11/h6-8,10H,4-5H2,1-3H3,(H,15,16)/b14-9-/t10-/m1/s1. The molecule has 1 aromatic rings. The average Bonchev–Trinajstić information content (AvgIpc) is 2.91. The maximum atomic E-state index is 11.7. The number of hydrogen-bond donors (Lipinski definition) is 1. The van der Waals surface area contributed by atoms with Gasteiger partial charge in [-0.2, -0.15) is 5.10 Å². The number of hydrogen-bond acceptors (Lipinski definition) is 5. The molecule has 1 atom stereocenters. The number of thiophene rings is 1. The Kier molecular flexibility index (Phi) is 6.21. The zero-order valence-electron chi connectivity index (χ0n) is 11.3. The van der Waals surface area contributed by atoms with Crippen LogP contribution in [0.4, 0.5) is 0 Å². The van der Waals surface area contributed by atoms with Crippen LogP contribution in [0, 0.1) is 5.92 Å². The highest BCUT2D eigenvalue weighted by Gasteiger charge is 2.21. The first-order chi connectivity index (χ1) is 9.10. The topological polar surface area (TPSA) is 67.8 Å². The normalized spacial score (nSPS) is 12.9. The maximum absolute atomic E-state index is 11.7. The number of rotatable bonds is 6. The smallest absolute Gasteiger partial charge is 0.314 e. The van der Waals surface area contributed by atoms with Crippen molar-refractivity contribution >= 4 is 28.9 Å². The van der Waals surface area contributed by atoms with E-state index in [1.807, 2.05) is 12.3 Å². The van der Waals surface area contributed by atoms with Crippen molar-refractivity contribution in [1.82, 2.24) is 5.43 Å². The van der Waals surface area contributed by atoms with Crippen molar-refractivity contribution in [2.45, 2.75) is 27.2 Å². The Morgan fingerprint density at radius 3 is 2.74 bits per heavy atom. The summed E-state index contributed by atoms with van der Waals surface area (Å²) >= 11 is 1.34. The van der Waals surface area contributed by atoms with Crippen molar-refractivity contribution in [2.75, 3.05) is 6.61 Å². The predicted molar refractivity (Wildman–Crippen MR) is 75.3 cm³/mol. The van der Waals surface area contributed by atoms with Gasteiger partial charge in [0.05, 0.1) is 17.4 Å². The third-order valence-corrected chi connectivity index (χ3v) is 3.43. The molecule has 19 heavy (non-hydrogen) atoms. The molecular weight excluding hydrogens is 264 g/mol. The molecule has 0 aliphatic heterocycles. The van der Waals surface area contributed by atoms with E-state index in [1.54, 1.807) is 26.0 Å². The van der Waals surface area contributed by atoms with Crippen LogP contribution in [0.1, 0.15) is 36.9 Å². The Bertz CT molecular complexity index is 454. The molecule has 0 fully saturated rings. The molecule has 0 unspecified atom stereocenters. The molecule has 1 heterocycles. The van der Waals surface area contributed by atoms with Crippen LogP contribution in [0.2, 0.25) is 0 Å². The lowest BCUT2D eigenvalue weighted by atomic mass is 10.0. The Morgan fingerprint density at radius 2 is 2.21 bits per heavy atom. The first kappa shape index (κ1) is 15.4. The number of carbonyl (C=O) groups excluding carboxylic acids is 2. The molecule has 1 amide bonds. The highest BCUT2D eigenvalue weighted by atomic mass is 32.1. The summed E-state index contributed by atoms with van der Waals surface area (Å²) in [4.78, 5) is 24.0. The van der Waals surface area contributed by atoms with Crippen LogP contribution in [0.3, 0.4) is 0 Å². The van der Waals surface area contributed by atoms with E-state index >= 15 is 0 Å². The number of esters is 1. The quantitative estimate of drug-likeness (QED) is 0.495. The van der Waals surface area contributed by atoms with Crippen LogP contribution in [0.5, 0.6) is 0 Å². The van der Waals surface area contributed by atoms with Gasteiger partial charge in [-0.15, -0.1) is 11.3 Å². The molecule has 5 nitrogen and oxygen atoms in total. The number of nitrogens with one attached hydrogen (secondary N) is 1. The highest BCUT2D eigenvalue weighted by molar-refractivity contribution is 7.12. The Hall–Kier alpha value is -1.69. The summed E-state index contributed by atoms with van der Waals surface area (Å²) in [5.41, 5.74) is 3.00. The molecule has 1 rings (SSSR count). The summed E-state index contributed by atoms with van der Waals surface area (Å²) in [6.07, 6.45) is 0.586. The van der Waals surface area contributed by atoms with Crippen molar-refractivity contribution in [3.8, 4) is 0 Å². The van der Waals surface area contributed by atoms with Crippen LogP contribution in [-0.4, -0.2) is 24.2 Å². The van der Waals surface area contributed by atoms with Crippen LogP contribution in [0.15, 0.2) is 22.6 Å². The van der Waals surface area contributed by atoms with Crippen molar-refractivity contribution < 1.29 is 14.3 Å². The first-order valence-corrected chi connectivity index (χ1v) is 7.02. The van der Waals surface area contributed by atoms with Crippen molar-refractivity contribution in [3.63, 3.8) is 0 Å². The summed E-state index contributed by atoms with van der Waals surface area (Å²) in [7, 11) is 0. The lowest BCUT2D eigenvalue weighted by Crippen LogP contribution is -2.27. The highest BCUT2D eigenvalue weighted by Crippen LogP contribution is 2.10. The van der Waals surface area contributed by atoms with E-state index < -0.39 is 5.92 Å². The average molecular weight is 282 g/mol. The van der Waals surface area contributed by atoms with Gasteiger partial charge in [-0.3, -0.25) is 9.59 Å². The van der Waals surface area contributed by atoms with Gasteiger partial charge < -0.3 is 4.74 Å². The summed E-state index contributed by atoms with van der Waals surface area (Å²) < 4.78 is 4.96. The second-order valence-electron chi connectivity index (χ2n) is 3.88. The zero-order chi connectivity index (χ0) is 14.3. The Balaban J connectivity index is 2.64. The first-order valence-electron chi connectivity index (χ1n) is 6.14. The lowest BCUT2D eigenvalue weighted by Gasteiger charge is -2.12. The Labute approximate surface area is 116 Å². The fourth-order valence-corrected chi connectivity index (χ4v) is 2.17. The molecule has 0 aliphatic carbocycles. The number of nitrogens with zero attached hydrogens (tertiary/aromatic N) is 1. The fourth-order valence-electron chi connectivity index (χ4n) is 1.56. The molecule has 104 valence electrons. The van der Waals surface area contributed by atoms with Crippen molar-refractivity contribution in [2.24, 2.45) is 11.0 Å². The van der Waals surface area contributed by atoms with Crippen molar-refractivity contribution in [3.05, 3.63) is 22.4 Å². The zero-order valence-corrected chi connectivity index (χ0v) is 12.1. The van der Waals surface area contributed by atoms with Crippen LogP contribution in [0.25, 0.3) is 0 Å².